The Morgan fingerprint density at radius 3 is 2.56 bits per heavy atom. The third-order valence-corrected chi connectivity index (χ3v) is 2.97. The third-order valence-electron chi connectivity index (χ3n) is 1.94. The van der Waals surface area contributed by atoms with Crippen LogP contribution in [0.1, 0.15) is 6.42 Å². The van der Waals surface area contributed by atoms with Crippen LogP contribution in [0.4, 0.5) is 14.5 Å². The highest BCUT2D eigenvalue weighted by Gasteiger charge is 2.04. The van der Waals surface area contributed by atoms with Crippen molar-refractivity contribution in [2.75, 3.05) is 23.9 Å². The van der Waals surface area contributed by atoms with Gasteiger partial charge in [0.2, 0.25) is 0 Å². The second kappa shape index (κ2) is 5.25. The van der Waals surface area contributed by atoms with E-state index in [-0.39, 0.29) is 11.4 Å². The van der Waals surface area contributed by atoms with Gasteiger partial charge in [-0.15, -0.1) is 0 Å². The summed E-state index contributed by atoms with van der Waals surface area (Å²) < 4.78 is 47.2. The van der Waals surface area contributed by atoms with E-state index in [0.717, 1.165) is 18.4 Å². The molecule has 0 bridgehead atoms. The van der Waals surface area contributed by atoms with Crippen LogP contribution in [0.5, 0.6) is 0 Å². The standard InChI is InChI=1S/C10H13F2NO2S/c1-16(14,15)6-2-5-13-10-4-3-8(11)7-9(10)12/h3-4,7,13H,2,5-6H2,1H3. The van der Waals surface area contributed by atoms with Crippen LogP contribution < -0.4 is 5.32 Å². The molecule has 0 saturated carbocycles. The number of benzene rings is 1. The minimum atomic E-state index is -2.99. The molecule has 0 saturated heterocycles. The van der Waals surface area contributed by atoms with E-state index >= 15 is 0 Å². The van der Waals surface area contributed by atoms with Crippen LogP contribution in [0, 0.1) is 11.6 Å². The van der Waals surface area contributed by atoms with Gasteiger partial charge in [-0.3, -0.25) is 0 Å². The summed E-state index contributed by atoms with van der Waals surface area (Å²) >= 11 is 0. The first-order valence-corrected chi connectivity index (χ1v) is 6.81. The molecule has 90 valence electrons. The molecule has 1 N–H and O–H groups in total. The summed E-state index contributed by atoms with van der Waals surface area (Å²) in [5.74, 6) is -1.28. The highest BCUT2D eigenvalue weighted by molar-refractivity contribution is 7.90. The number of hydrogen-bond acceptors (Lipinski definition) is 3. The zero-order valence-corrected chi connectivity index (χ0v) is 9.65. The summed E-state index contributed by atoms with van der Waals surface area (Å²) in [6.45, 7) is 0.329. The molecule has 0 amide bonds. The van der Waals surface area contributed by atoms with Gasteiger partial charge < -0.3 is 5.32 Å². The van der Waals surface area contributed by atoms with Gasteiger partial charge in [0.25, 0.3) is 0 Å². The molecule has 0 fully saturated rings. The van der Waals surface area contributed by atoms with E-state index in [1.807, 2.05) is 0 Å². The SMILES string of the molecule is CS(=O)(=O)CCCNc1ccc(F)cc1F. The Morgan fingerprint density at radius 1 is 1.31 bits per heavy atom. The van der Waals surface area contributed by atoms with Gasteiger partial charge in [-0.05, 0) is 18.6 Å². The van der Waals surface area contributed by atoms with Gasteiger partial charge in [-0.2, -0.15) is 0 Å². The van der Waals surface area contributed by atoms with E-state index in [4.69, 9.17) is 0 Å². The highest BCUT2D eigenvalue weighted by atomic mass is 32.2. The molecular weight excluding hydrogens is 236 g/mol. The Bertz CT molecular complexity index is 460. The van der Waals surface area contributed by atoms with Crippen molar-refractivity contribution in [3.05, 3.63) is 29.8 Å². The van der Waals surface area contributed by atoms with Crippen molar-refractivity contribution in [1.29, 1.82) is 0 Å². The van der Waals surface area contributed by atoms with Crippen LogP contribution in [0.3, 0.4) is 0 Å². The highest BCUT2D eigenvalue weighted by Crippen LogP contribution is 2.14. The fourth-order valence-electron chi connectivity index (χ4n) is 1.19. The Labute approximate surface area is 93.4 Å². The normalized spacial score (nSPS) is 11.4. The summed E-state index contributed by atoms with van der Waals surface area (Å²) in [6.07, 6.45) is 1.53. The Morgan fingerprint density at radius 2 is 2.00 bits per heavy atom. The summed E-state index contributed by atoms with van der Waals surface area (Å²) in [5.41, 5.74) is 0.176. The molecular formula is C10H13F2NO2S. The first-order valence-electron chi connectivity index (χ1n) is 4.75. The maximum atomic E-state index is 13.1. The molecule has 0 unspecified atom stereocenters. The molecule has 0 atom stereocenters. The van der Waals surface area contributed by atoms with E-state index in [2.05, 4.69) is 5.32 Å². The van der Waals surface area contributed by atoms with Gasteiger partial charge in [-0.1, -0.05) is 0 Å². The van der Waals surface area contributed by atoms with Gasteiger partial charge in [0.05, 0.1) is 11.4 Å². The first kappa shape index (κ1) is 12.9. The molecule has 16 heavy (non-hydrogen) atoms. The molecule has 1 aromatic rings. The van der Waals surface area contributed by atoms with Crippen molar-refractivity contribution >= 4 is 15.5 Å². The maximum absolute atomic E-state index is 13.1. The van der Waals surface area contributed by atoms with Crippen molar-refractivity contribution in [2.24, 2.45) is 0 Å². The van der Waals surface area contributed by atoms with Gasteiger partial charge >= 0.3 is 0 Å². The van der Waals surface area contributed by atoms with Crippen LogP contribution in [0.15, 0.2) is 18.2 Å². The predicted molar refractivity (Wildman–Crippen MR) is 59.2 cm³/mol. The van der Waals surface area contributed by atoms with E-state index in [0.29, 0.717) is 13.0 Å². The number of hydrogen-bond donors (Lipinski definition) is 1. The molecule has 6 heteroatoms. The fourth-order valence-corrected chi connectivity index (χ4v) is 1.86. The van der Waals surface area contributed by atoms with Crippen molar-refractivity contribution in [1.82, 2.24) is 0 Å². The second-order valence-electron chi connectivity index (χ2n) is 3.53. The zero-order chi connectivity index (χ0) is 12.2. The Balaban J connectivity index is 2.43. The minimum absolute atomic E-state index is 0.0445. The molecule has 0 aromatic heterocycles. The van der Waals surface area contributed by atoms with E-state index in [1.165, 1.54) is 6.07 Å². The Kier molecular flexibility index (Phi) is 4.23. The summed E-state index contributed by atoms with van der Waals surface area (Å²) in [5, 5.41) is 2.71. The van der Waals surface area contributed by atoms with Gasteiger partial charge in [-0.25, -0.2) is 17.2 Å². The van der Waals surface area contributed by atoms with Gasteiger partial charge in [0, 0.05) is 18.9 Å². The van der Waals surface area contributed by atoms with Crippen molar-refractivity contribution in [2.45, 2.75) is 6.42 Å². The van der Waals surface area contributed by atoms with E-state index < -0.39 is 21.5 Å². The third kappa shape index (κ3) is 4.57. The lowest BCUT2D eigenvalue weighted by Gasteiger charge is -2.06. The lowest BCUT2D eigenvalue weighted by atomic mass is 10.3. The van der Waals surface area contributed by atoms with E-state index in [1.54, 1.807) is 0 Å². The lowest BCUT2D eigenvalue weighted by Crippen LogP contribution is -2.10. The fraction of sp³-hybridized carbons (Fsp3) is 0.400. The molecule has 0 aliphatic carbocycles. The van der Waals surface area contributed by atoms with Crippen LogP contribution in [0.2, 0.25) is 0 Å². The quantitative estimate of drug-likeness (QED) is 0.809. The molecule has 1 rings (SSSR count). The monoisotopic (exact) mass is 249 g/mol. The molecule has 0 spiro atoms. The number of nitrogens with one attached hydrogen (secondary N) is 1. The lowest BCUT2D eigenvalue weighted by molar-refractivity contribution is 0.585. The second-order valence-corrected chi connectivity index (χ2v) is 5.79. The average Bonchev–Trinajstić information content (AvgIpc) is 2.13. The summed E-state index contributed by atoms with van der Waals surface area (Å²) in [6, 6.07) is 3.20. The summed E-state index contributed by atoms with van der Waals surface area (Å²) in [7, 11) is -2.99. The van der Waals surface area contributed by atoms with Crippen molar-refractivity contribution in [3.63, 3.8) is 0 Å². The van der Waals surface area contributed by atoms with Crippen LogP contribution >= 0.6 is 0 Å². The van der Waals surface area contributed by atoms with Crippen LogP contribution in [-0.2, 0) is 9.84 Å². The van der Waals surface area contributed by atoms with Crippen molar-refractivity contribution in [3.8, 4) is 0 Å². The molecule has 0 heterocycles. The largest absolute Gasteiger partial charge is 0.383 e. The predicted octanol–water partition coefficient (Wildman–Crippen LogP) is 1.81. The number of anilines is 1. The maximum Gasteiger partial charge on any atom is 0.149 e. The van der Waals surface area contributed by atoms with Crippen molar-refractivity contribution < 1.29 is 17.2 Å². The molecule has 1 aromatic carbocycles. The minimum Gasteiger partial charge on any atom is -0.383 e. The average molecular weight is 249 g/mol. The number of rotatable bonds is 5. The molecule has 0 aliphatic heterocycles. The molecule has 3 nitrogen and oxygen atoms in total. The Hall–Kier alpha value is -1.17. The number of halogens is 2. The molecule has 0 radical (unpaired) electrons. The van der Waals surface area contributed by atoms with E-state index in [9.17, 15) is 17.2 Å². The molecule has 0 aliphatic rings. The topological polar surface area (TPSA) is 46.2 Å². The smallest absolute Gasteiger partial charge is 0.149 e. The number of sulfone groups is 1. The van der Waals surface area contributed by atoms with Gasteiger partial charge in [0.15, 0.2) is 0 Å². The van der Waals surface area contributed by atoms with Crippen LogP contribution in [0.25, 0.3) is 0 Å². The zero-order valence-electron chi connectivity index (χ0n) is 8.83. The first-order chi connectivity index (χ1) is 7.38. The summed E-state index contributed by atoms with van der Waals surface area (Å²) in [4.78, 5) is 0. The van der Waals surface area contributed by atoms with Crippen LogP contribution in [-0.4, -0.2) is 27.0 Å². The van der Waals surface area contributed by atoms with Gasteiger partial charge in [0.1, 0.15) is 21.5 Å².